The minimum atomic E-state index is -3.73. The third-order valence-corrected chi connectivity index (χ3v) is 7.05. The quantitative estimate of drug-likeness (QED) is 0.489. The van der Waals surface area contributed by atoms with Gasteiger partial charge < -0.3 is 14.8 Å². The van der Waals surface area contributed by atoms with Gasteiger partial charge in [-0.1, -0.05) is 17.7 Å². The number of benzene rings is 3. The first kappa shape index (κ1) is 24.9. The molecule has 0 saturated carbocycles. The Morgan fingerprint density at radius 2 is 1.53 bits per heavy atom. The third kappa shape index (κ3) is 5.62. The van der Waals surface area contributed by atoms with Crippen molar-refractivity contribution in [1.82, 2.24) is 4.31 Å². The number of amides is 1. The summed E-state index contributed by atoms with van der Waals surface area (Å²) in [7, 11) is 0.518. The number of ether oxygens (including phenoxy) is 2. The highest BCUT2D eigenvalue weighted by Crippen LogP contribution is 2.25. The van der Waals surface area contributed by atoms with Crippen LogP contribution < -0.4 is 10.1 Å². The van der Waals surface area contributed by atoms with Crippen molar-refractivity contribution in [3.8, 4) is 5.75 Å². The first-order valence-corrected chi connectivity index (χ1v) is 11.8. The van der Waals surface area contributed by atoms with Gasteiger partial charge in [0.05, 0.1) is 24.7 Å². The normalized spacial score (nSPS) is 11.2. The molecule has 178 valence electrons. The van der Waals surface area contributed by atoms with E-state index in [1.54, 1.807) is 66.7 Å². The molecule has 9 heteroatoms. The van der Waals surface area contributed by atoms with Crippen LogP contribution in [0.2, 0.25) is 0 Å². The maximum Gasteiger partial charge on any atom is 0.337 e. The van der Waals surface area contributed by atoms with E-state index in [9.17, 15) is 18.0 Å². The zero-order chi connectivity index (χ0) is 24.9. The van der Waals surface area contributed by atoms with Crippen LogP contribution in [0.3, 0.4) is 0 Å². The standard InChI is InChI=1S/C25H26N2O6S/c1-17-5-12-22(13-6-17)34(30,31)27(2)16-20-15-19(9-14-23(20)32-3)24(28)26-21-10-7-18(8-11-21)25(29)33-4/h5-15H,16H2,1-4H3,(H,26,28). The number of nitrogens with zero attached hydrogens (tertiary/aromatic N) is 1. The summed E-state index contributed by atoms with van der Waals surface area (Å²) in [4.78, 5) is 24.5. The molecule has 3 aromatic carbocycles. The molecule has 0 aromatic heterocycles. The molecule has 0 aliphatic carbocycles. The van der Waals surface area contributed by atoms with E-state index in [1.165, 1.54) is 25.6 Å². The maximum absolute atomic E-state index is 13.0. The second kappa shape index (κ2) is 10.5. The van der Waals surface area contributed by atoms with Crippen molar-refractivity contribution in [2.45, 2.75) is 18.4 Å². The first-order chi connectivity index (χ1) is 16.1. The van der Waals surface area contributed by atoms with Gasteiger partial charge in [0.2, 0.25) is 10.0 Å². The molecule has 0 saturated heterocycles. The van der Waals surface area contributed by atoms with Gasteiger partial charge in [0, 0.05) is 30.4 Å². The lowest BCUT2D eigenvalue weighted by Crippen LogP contribution is -2.27. The number of carbonyl (C=O) groups excluding carboxylic acids is 2. The number of hydrogen-bond donors (Lipinski definition) is 1. The Morgan fingerprint density at radius 1 is 0.912 bits per heavy atom. The number of rotatable bonds is 8. The van der Waals surface area contributed by atoms with Crippen LogP contribution in [0, 0.1) is 6.92 Å². The van der Waals surface area contributed by atoms with Crippen molar-refractivity contribution in [1.29, 1.82) is 0 Å². The van der Waals surface area contributed by atoms with Gasteiger partial charge in [-0.2, -0.15) is 4.31 Å². The van der Waals surface area contributed by atoms with E-state index < -0.39 is 21.9 Å². The van der Waals surface area contributed by atoms with Crippen LogP contribution in [0.15, 0.2) is 71.6 Å². The molecule has 8 nitrogen and oxygen atoms in total. The van der Waals surface area contributed by atoms with Crippen molar-refractivity contribution in [3.63, 3.8) is 0 Å². The average molecular weight is 483 g/mol. The van der Waals surface area contributed by atoms with Gasteiger partial charge in [-0.05, 0) is 61.5 Å². The fourth-order valence-corrected chi connectivity index (χ4v) is 4.42. The molecule has 0 aliphatic heterocycles. The SMILES string of the molecule is COC(=O)c1ccc(NC(=O)c2ccc(OC)c(CN(C)S(=O)(=O)c3ccc(C)cc3)c2)cc1. The van der Waals surface area contributed by atoms with Crippen molar-refractivity contribution < 1.29 is 27.5 Å². The van der Waals surface area contributed by atoms with E-state index in [0.29, 0.717) is 28.1 Å². The summed E-state index contributed by atoms with van der Waals surface area (Å²) in [6.45, 7) is 1.89. The summed E-state index contributed by atoms with van der Waals surface area (Å²) in [5.41, 5.74) is 2.68. The zero-order valence-corrected chi connectivity index (χ0v) is 20.2. The Balaban J connectivity index is 1.80. The van der Waals surface area contributed by atoms with E-state index in [2.05, 4.69) is 10.1 Å². The summed E-state index contributed by atoms with van der Waals surface area (Å²) < 4.78 is 37.2. The summed E-state index contributed by atoms with van der Waals surface area (Å²) in [5.74, 6) is -0.397. The minimum absolute atomic E-state index is 0.00826. The molecule has 1 N–H and O–H groups in total. The van der Waals surface area contributed by atoms with E-state index in [1.807, 2.05) is 6.92 Å². The van der Waals surface area contributed by atoms with E-state index in [0.717, 1.165) is 5.56 Å². The van der Waals surface area contributed by atoms with Crippen LogP contribution in [0.1, 0.15) is 31.8 Å². The smallest absolute Gasteiger partial charge is 0.337 e. The fraction of sp³-hybridized carbons (Fsp3) is 0.200. The van der Waals surface area contributed by atoms with Gasteiger partial charge in [0.1, 0.15) is 5.75 Å². The first-order valence-electron chi connectivity index (χ1n) is 10.4. The van der Waals surface area contributed by atoms with E-state index in [4.69, 9.17) is 4.74 Å². The number of aryl methyl sites for hydroxylation is 1. The van der Waals surface area contributed by atoms with Gasteiger partial charge in [-0.15, -0.1) is 0 Å². The monoisotopic (exact) mass is 482 g/mol. The molecule has 1 amide bonds. The fourth-order valence-electron chi connectivity index (χ4n) is 3.27. The van der Waals surface area contributed by atoms with Crippen molar-refractivity contribution in [3.05, 3.63) is 89.0 Å². The predicted octanol–water partition coefficient (Wildman–Crippen LogP) is 3.86. The molecule has 34 heavy (non-hydrogen) atoms. The number of sulfonamides is 1. The molecule has 3 rings (SSSR count). The van der Waals surface area contributed by atoms with Crippen LogP contribution >= 0.6 is 0 Å². The molecule has 0 unspecified atom stereocenters. The molecule has 0 fully saturated rings. The highest BCUT2D eigenvalue weighted by atomic mass is 32.2. The number of hydrogen-bond acceptors (Lipinski definition) is 6. The lowest BCUT2D eigenvalue weighted by atomic mass is 10.1. The molecule has 0 atom stereocenters. The van der Waals surface area contributed by atoms with Crippen LogP contribution in [0.25, 0.3) is 0 Å². The van der Waals surface area contributed by atoms with Gasteiger partial charge in [-0.3, -0.25) is 4.79 Å². The zero-order valence-electron chi connectivity index (χ0n) is 19.4. The van der Waals surface area contributed by atoms with Gasteiger partial charge in [0.15, 0.2) is 0 Å². The predicted molar refractivity (Wildman–Crippen MR) is 129 cm³/mol. The molecule has 0 heterocycles. The maximum atomic E-state index is 13.0. The Kier molecular flexibility index (Phi) is 7.70. The van der Waals surface area contributed by atoms with Crippen molar-refractivity contribution in [2.75, 3.05) is 26.6 Å². The molecular weight excluding hydrogens is 456 g/mol. The number of nitrogens with one attached hydrogen (secondary N) is 1. The number of methoxy groups -OCH3 is 2. The highest BCUT2D eigenvalue weighted by Gasteiger charge is 2.22. The second-order valence-corrected chi connectivity index (χ2v) is 9.67. The van der Waals surface area contributed by atoms with Gasteiger partial charge in [-0.25, -0.2) is 13.2 Å². The van der Waals surface area contributed by atoms with Gasteiger partial charge in [0.25, 0.3) is 5.91 Å². The Hall–Kier alpha value is -3.69. The molecule has 0 aliphatic rings. The number of anilines is 1. The van der Waals surface area contributed by atoms with Gasteiger partial charge >= 0.3 is 5.97 Å². The van der Waals surface area contributed by atoms with E-state index in [-0.39, 0.29) is 11.4 Å². The van der Waals surface area contributed by atoms with Crippen LogP contribution in [0.4, 0.5) is 5.69 Å². The highest BCUT2D eigenvalue weighted by molar-refractivity contribution is 7.89. The number of carbonyl (C=O) groups is 2. The van der Waals surface area contributed by atoms with Crippen molar-refractivity contribution >= 4 is 27.6 Å². The molecule has 0 radical (unpaired) electrons. The molecular formula is C25H26N2O6S. The Morgan fingerprint density at radius 3 is 2.12 bits per heavy atom. The molecule has 0 spiro atoms. The lowest BCUT2D eigenvalue weighted by Gasteiger charge is -2.19. The number of esters is 1. The van der Waals surface area contributed by atoms with Crippen molar-refractivity contribution in [2.24, 2.45) is 0 Å². The second-order valence-electron chi connectivity index (χ2n) is 7.62. The molecule has 0 bridgehead atoms. The average Bonchev–Trinajstić information content (AvgIpc) is 2.84. The molecule has 3 aromatic rings. The summed E-state index contributed by atoms with van der Waals surface area (Å²) >= 11 is 0. The van der Waals surface area contributed by atoms with E-state index >= 15 is 0 Å². The lowest BCUT2D eigenvalue weighted by molar-refractivity contribution is 0.0600. The largest absolute Gasteiger partial charge is 0.496 e. The van der Waals surface area contributed by atoms with Crippen LogP contribution in [-0.4, -0.2) is 45.9 Å². The van der Waals surface area contributed by atoms with Crippen LogP contribution in [0.5, 0.6) is 5.75 Å². The van der Waals surface area contributed by atoms with Crippen LogP contribution in [-0.2, 0) is 21.3 Å². The summed E-state index contributed by atoms with van der Waals surface area (Å²) in [6.07, 6.45) is 0. The minimum Gasteiger partial charge on any atom is -0.496 e. The summed E-state index contributed by atoms with van der Waals surface area (Å²) in [5, 5.41) is 2.76. The Labute approximate surface area is 199 Å². The summed E-state index contributed by atoms with van der Waals surface area (Å²) in [6, 6.07) is 17.7. The Bertz CT molecular complexity index is 1290. The third-order valence-electron chi connectivity index (χ3n) is 5.23. The topological polar surface area (TPSA) is 102 Å².